The summed E-state index contributed by atoms with van der Waals surface area (Å²) < 4.78 is 9.75. The van der Waals surface area contributed by atoms with Crippen molar-refractivity contribution in [2.45, 2.75) is 13.8 Å². The molecule has 0 unspecified atom stereocenters. The number of allylic oxidation sites excluding steroid dienone is 4. The molecule has 0 rings (SSSR count). The summed E-state index contributed by atoms with van der Waals surface area (Å²) in [5, 5.41) is 0.968. The first-order chi connectivity index (χ1) is 6.67. The fraction of sp³-hybridized carbons (Fsp3) is 0.444. The maximum absolute atomic E-state index is 11.1. The molecule has 0 saturated carbocycles. The summed E-state index contributed by atoms with van der Waals surface area (Å²) in [6, 6.07) is 0. The zero-order valence-corrected chi connectivity index (χ0v) is 11.2. The average molecular weight is 328 g/mol. The Morgan fingerprint density at radius 1 is 1.07 bits per heavy atom. The highest BCUT2D eigenvalue weighted by Crippen LogP contribution is 2.08. The molecule has 80 valence electrons. The van der Waals surface area contributed by atoms with Crippen molar-refractivity contribution in [3.05, 3.63) is 23.7 Å². The minimum absolute atomic E-state index is 0.484. The molecule has 0 aliphatic rings. The molecule has 0 amide bonds. The van der Waals surface area contributed by atoms with Gasteiger partial charge in [-0.15, -0.1) is 0 Å². The number of halogens is 2. The number of hydrogen-bond donors (Lipinski definition) is 0. The molecule has 0 atom stereocenters. The summed E-state index contributed by atoms with van der Waals surface area (Å²) >= 11 is 6.36. The fourth-order valence-electron chi connectivity index (χ4n) is 0.562. The highest BCUT2D eigenvalue weighted by atomic mass is 79.9. The molecule has 0 spiro atoms. The molecule has 0 aliphatic heterocycles. The van der Waals surface area contributed by atoms with Gasteiger partial charge in [-0.1, -0.05) is 31.9 Å². The van der Waals surface area contributed by atoms with Crippen molar-refractivity contribution in [2.24, 2.45) is 0 Å². The number of alkyl halides is 2. The molecule has 0 aromatic carbocycles. The summed E-state index contributed by atoms with van der Waals surface area (Å²) in [6.07, 6.45) is 2.67. The van der Waals surface area contributed by atoms with Crippen LogP contribution in [0.25, 0.3) is 0 Å². The smallest absolute Gasteiger partial charge is 0.399 e. The van der Waals surface area contributed by atoms with Crippen LogP contribution in [0.15, 0.2) is 23.7 Å². The van der Waals surface area contributed by atoms with E-state index in [-0.39, 0.29) is 0 Å². The highest BCUT2D eigenvalue weighted by molar-refractivity contribution is 9.09. The van der Waals surface area contributed by atoms with Crippen molar-refractivity contribution in [3.8, 4) is 0 Å². The summed E-state index contributed by atoms with van der Waals surface area (Å²) in [4.78, 5) is 11.1. The van der Waals surface area contributed by atoms with Gasteiger partial charge in [0.05, 0.1) is 10.7 Å². The van der Waals surface area contributed by atoms with E-state index in [1.165, 1.54) is 0 Å². The van der Waals surface area contributed by atoms with Gasteiger partial charge in [-0.25, -0.2) is 4.79 Å². The maximum atomic E-state index is 11.1. The number of hydrogen-bond acceptors (Lipinski definition) is 3. The van der Waals surface area contributed by atoms with E-state index in [4.69, 9.17) is 9.47 Å². The van der Waals surface area contributed by atoms with Gasteiger partial charge in [-0.2, -0.15) is 0 Å². The quantitative estimate of drug-likeness (QED) is 0.448. The van der Waals surface area contributed by atoms with Crippen LogP contribution in [-0.4, -0.2) is 16.8 Å². The number of ether oxygens (including phenoxy) is 2. The lowest BCUT2D eigenvalue weighted by Crippen LogP contribution is -2.08. The van der Waals surface area contributed by atoms with Gasteiger partial charge in [0, 0.05) is 0 Å². The van der Waals surface area contributed by atoms with Gasteiger partial charge in [0.1, 0.15) is 11.5 Å². The molecule has 5 heteroatoms. The largest absolute Gasteiger partial charge is 0.518 e. The second kappa shape index (κ2) is 8.05. The van der Waals surface area contributed by atoms with Crippen LogP contribution in [0.2, 0.25) is 0 Å². The van der Waals surface area contributed by atoms with Gasteiger partial charge in [0.15, 0.2) is 0 Å². The number of rotatable bonds is 4. The highest BCUT2D eigenvalue weighted by Gasteiger charge is 2.09. The Labute approximate surface area is 100 Å². The van der Waals surface area contributed by atoms with Gasteiger partial charge in [0.25, 0.3) is 0 Å². The molecular weight excluding hydrogens is 316 g/mol. The number of carbonyl (C=O) groups is 1. The van der Waals surface area contributed by atoms with E-state index in [0.717, 1.165) is 0 Å². The summed E-state index contributed by atoms with van der Waals surface area (Å²) in [5.74, 6) is 1.06. The Hall–Kier alpha value is -0.290. The van der Waals surface area contributed by atoms with E-state index >= 15 is 0 Å². The Morgan fingerprint density at radius 2 is 1.43 bits per heavy atom. The van der Waals surface area contributed by atoms with E-state index in [2.05, 4.69) is 31.9 Å². The monoisotopic (exact) mass is 326 g/mol. The topological polar surface area (TPSA) is 35.5 Å². The molecule has 0 heterocycles. The fourth-order valence-corrected chi connectivity index (χ4v) is 1.44. The van der Waals surface area contributed by atoms with Gasteiger partial charge < -0.3 is 9.47 Å². The standard InChI is InChI=1S/C9H12Br2O3/c1-3-7(5-10)13-9(12)14-8(4-2)6-11/h3-4H,5-6H2,1-2H3. The molecule has 3 nitrogen and oxygen atoms in total. The van der Waals surface area contributed by atoms with Gasteiger partial charge in [-0.05, 0) is 26.0 Å². The SMILES string of the molecule is CC=C(CBr)OC(=O)OC(=CC)CBr. The van der Waals surface area contributed by atoms with E-state index in [9.17, 15) is 4.79 Å². The number of carbonyl (C=O) groups excluding carboxylic acids is 1. The van der Waals surface area contributed by atoms with Crippen molar-refractivity contribution in [1.29, 1.82) is 0 Å². The third kappa shape index (κ3) is 5.44. The van der Waals surface area contributed by atoms with Crippen molar-refractivity contribution < 1.29 is 14.3 Å². The zero-order valence-electron chi connectivity index (χ0n) is 8.05. The molecule has 0 aliphatic carbocycles. The van der Waals surface area contributed by atoms with E-state index in [0.29, 0.717) is 22.2 Å². The lowest BCUT2D eigenvalue weighted by molar-refractivity contribution is 0.103. The van der Waals surface area contributed by atoms with Crippen LogP contribution in [0, 0.1) is 0 Å². The predicted molar refractivity (Wildman–Crippen MR) is 62.7 cm³/mol. The van der Waals surface area contributed by atoms with Crippen molar-refractivity contribution in [3.63, 3.8) is 0 Å². The normalized spacial score (nSPS) is 12.6. The molecule has 0 radical (unpaired) electrons. The Kier molecular flexibility index (Phi) is 7.89. The van der Waals surface area contributed by atoms with E-state index in [1.54, 1.807) is 26.0 Å². The lowest BCUT2D eigenvalue weighted by atomic mass is 10.5. The minimum Gasteiger partial charge on any atom is -0.399 e. The van der Waals surface area contributed by atoms with E-state index in [1.807, 2.05) is 0 Å². The Morgan fingerprint density at radius 3 is 1.64 bits per heavy atom. The van der Waals surface area contributed by atoms with Crippen LogP contribution < -0.4 is 0 Å². The lowest BCUT2D eigenvalue weighted by Gasteiger charge is -2.07. The van der Waals surface area contributed by atoms with Crippen LogP contribution >= 0.6 is 31.9 Å². The van der Waals surface area contributed by atoms with Crippen molar-refractivity contribution in [2.75, 3.05) is 10.7 Å². The second-order valence-corrected chi connectivity index (χ2v) is 3.35. The summed E-state index contributed by atoms with van der Waals surface area (Å²) in [7, 11) is 0. The minimum atomic E-state index is -0.718. The maximum Gasteiger partial charge on any atom is 0.518 e. The van der Waals surface area contributed by atoms with Gasteiger partial charge >= 0.3 is 6.16 Å². The molecule has 0 bridgehead atoms. The third-order valence-electron chi connectivity index (χ3n) is 1.34. The third-order valence-corrected chi connectivity index (χ3v) is 2.44. The van der Waals surface area contributed by atoms with Crippen LogP contribution in [0.5, 0.6) is 0 Å². The van der Waals surface area contributed by atoms with Crippen LogP contribution in [-0.2, 0) is 9.47 Å². The second-order valence-electron chi connectivity index (χ2n) is 2.23. The molecule has 0 fully saturated rings. The van der Waals surface area contributed by atoms with E-state index < -0.39 is 6.16 Å². The van der Waals surface area contributed by atoms with Gasteiger partial charge in [-0.3, -0.25) is 0 Å². The van der Waals surface area contributed by atoms with Crippen LogP contribution in [0.3, 0.4) is 0 Å². The first-order valence-corrected chi connectivity index (χ1v) is 6.24. The molecule has 0 saturated heterocycles. The first kappa shape index (κ1) is 13.7. The molecule has 0 aromatic heterocycles. The van der Waals surface area contributed by atoms with Crippen LogP contribution in [0.1, 0.15) is 13.8 Å². The molecule has 0 aromatic rings. The Bertz CT molecular complexity index is 222. The summed E-state index contributed by atoms with van der Waals surface area (Å²) in [6.45, 7) is 3.57. The Balaban J connectivity index is 4.10. The average Bonchev–Trinajstić information content (AvgIpc) is 2.22. The molecular formula is C9H12Br2O3. The molecule has 0 N–H and O–H groups in total. The summed E-state index contributed by atoms with van der Waals surface area (Å²) in [5.41, 5.74) is 0. The first-order valence-electron chi connectivity index (χ1n) is 3.99. The zero-order chi connectivity index (χ0) is 11.0. The van der Waals surface area contributed by atoms with Crippen molar-refractivity contribution in [1.82, 2.24) is 0 Å². The predicted octanol–water partition coefficient (Wildman–Crippen LogP) is 3.74. The van der Waals surface area contributed by atoms with Gasteiger partial charge in [0.2, 0.25) is 0 Å². The van der Waals surface area contributed by atoms with Crippen molar-refractivity contribution >= 4 is 38.0 Å². The molecule has 14 heavy (non-hydrogen) atoms. The van der Waals surface area contributed by atoms with Crippen LogP contribution in [0.4, 0.5) is 4.79 Å².